The molecule has 0 spiro atoms. The Labute approximate surface area is 124 Å². The molecule has 2 aliphatic carbocycles. The monoisotopic (exact) mass is 398 g/mol. The van der Waals surface area contributed by atoms with Gasteiger partial charge in [0.15, 0.2) is 0 Å². The molecule has 0 nitrogen and oxygen atoms in total. The van der Waals surface area contributed by atoms with Gasteiger partial charge in [-0.3, -0.25) is 0 Å². The maximum atomic E-state index is 2.20. The van der Waals surface area contributed by atoms with Gasteiger partial charge in [0.05, 0.1) is 0 Å². The summed E-state index contributed by atoms with van der Waals surface area (Å²) in [7, 11) is 0. The van der Waals surface area contributed by atoms with Gasteiger partial charge in [-0.1, -0.05) is 27.7 Å². The fraction of sp³-hybridized carbons (Fsp3) is 0.375. The van der Waals surface area contributed by atoms with Crippen molar-refractivity contribution in [3.63, 3.8) is 0 Å². The van der Waals surface area contributed by atoms with Gasteiger partial charge in [-0.25, -0.2) is 0 Å². The zero-order valence-corrected chi connectivity index (χ0v) is 14.1. The standard InChI is InChI=1S/2C8H11.W/c2*1-7(2)8-5-3-4-6-8;/h2*3-7H,1-2H3;. The van der Waals surface area contributed by atoms with Gasteiger partial charge in [0, 0.05) is 21.1 Å². The van der Waals surface area contributed by atoms with Crippen molar-refractivity contribution in [1.29, 1.82) is 0 Å². The van der Waals surface area contributed by atoms with Crippen LogP contribution in [0.15, 0.2) is 0 Å². The van der Waals surface area contributed by atoms with Crippen molar-refractivity contribution in [2.24, 2.45) is 11.8 Å². The maximum absolute atomic E-state index is 2.20. The van der Waals surface area contributed by atoms with Crippen LogP contribution >= 0.6 is 0 Å². The van der Waals surface area contributed by atoms with E-state index in [4.69, 9.17) is 0 Å². The van der Waals surface area contributed by atoms with Crippen molar-refractivity contribution < 1.29 is 21.1 Å². The van der Waals surface area contributed by atoms with Crippen LogP contribution in [0, 0.1) is 75.0 Å². The molecule has 2 rings (SSSR count). The number of hydrogen-bond acceptors (Lipinski definition) is 0. The summed E-state index contributed by atoms with van der Waals surface area (Å²) in [4.78, 5) is 0. The van der Waals surface area contributed by atoms with Crippen LogP contribution in [0.25, 0.3) is 0 Å². The molecule has 2 fully saturated rings. The quantitative estimate of drug-likeness (QED) is 0.658. The van der Waals surface area contributed by atoms with E-state index < -0.39 is 0 Å². The van der Waals surface area contributed by atoms with Gasteiger partial charge < -0.3 is 0 Å². The smallest absolute Gasteiger partial charge is 0 e. The molecule has 0 atom stereocenters. The Balaban J connectivity index is 0.000000284. The van der Waals surface area contributed by atoms with Gasteiger partial charge >= 0.3 is 0 Å². The summed E-state index contributed by atoms with van der Waals surface area (Å²) in [6, 6.07) is 0. The minimum Gasteiger partial charge on any atom is -0.0622 e. The summed E-state index contributed by atoms with van der Waals surface area (Å²) in [6.45, 7) is 8.81. The average Bonchev–Trinajstić information content (AvgIpc) is 2.93. The number of hydrogen-bond donors (Lipinski definition) is 0. The molecule has 0 bridgehead atoms. The van der Waals surface area contributed by atoms with Crippen molar-refractivity contribution in [3.8, 4) is 0 Å². The molecule has 2 saturated carbocycles. The van der Waals surface area contributed by atoms with E-state index >= 15 is 0 Å². The average molecular weight is 398 g/mol. The first-order valence-corrected chi connectivity index (χ1v) is 6.04. The van der Waals surface area contributed by atoms with Crippen LogP contribution in [0.1, 0.15) is 27.7 Å². The van der Waals surface area contributed by atoms with Gasteiger partial charge in [-0.2, -0.15) is 0 Å². The van der Waals surface area contributed by atoms with E-state index in [0.29, 0.717) is 11.8 Å². The molecular weight excluding hydrogens is 376 g/mol. The van der Waals surface area contributed by atoms with Crippen LogP contribution in [0.5, 0.6) is 0 Å². The van der Waals surface area contributed by atoms with Crippen LogP contribution < -0.4 is 0 Å². The van der Waals surface area contributed by atoms with E-state index in [0.717, 1.165) is 0 Å². The summed E-state index contributed by atoms with van der Waals surface area (Å²) in [5.41, 5.74) is 0. The summed E-state index contributed by atoms with van der Waals surface area (Å²) < 4.78 is 0. The zero-order valence-electron chi connectivity index (χ0n) is 11.2. The third kappa shape index (κ3) is 6.99. The summed E-state index contributed by atoms with van der Waals surface area (Å²) in [5.74, 6) is 4.24. The molecule has 2 aliphatic rings. The van der Waals surface area contributed by atoms with Gasteiger partial charge in [0.2, 0.25) is 0 Å². The Morgan fingerprint density at radius 2 is 0.824 bits per heavy atom. The van der Waals surface area contributed by atoms with Crippen molar-refractivity contribution in [1.82, 2.24) is 0 Å². The van der Waals surface area contributed by atoms with Crippen LogP contribution in [0.3, 0.4) is 0 Å². The van der Waals surface area contributed by atoms with Gasteiger partial charge in [0.25, 0.3) is 0 Å². The van der Waals surface area contributed by atoms with E-state index in [9.17, 15) is 0 Å². The second-order valence-electron chi connectivity index (χ2n) is 4.75. The van der Waals surface area contributed by atoms with Crippen LogP contribution in [0.4, 0.5) is 0 Å². The Bertz CT molecular complexity index is 142. The van der Waals surface area contributed by atoms with Crippen molar-refractivity contribution in [2.75, 3.05) is 0 Å². The SMILES string of the molecule is CC(C)[C]1[CH][CH][CH][CH]1.CC(C)[C]1[CH][CH][CH][CH]1.[W]. The van der Waals surface area contributed by atoms with Crippen molar-refractivity contribution >= 4 is 0 Å². The topological polar surface area (TPSA) is 0 Å². The second-order valence-corrected chi connectivity index (χ2v) is 4.75. The maximum Gasteiger partial charge on any atom is 0 e. The Kier molecular flexibility index (Phi) is 9.99. The van der Waals surface area contributed by atoms with E-state index in [-0.39, 0.29) is 21.1 Å². The minimum atomic E-state index is 0. The molecule has 0 saturated heterocycles. The summed E-state index contributed by atoms with van der Waals surface area (Å²) in [5, 5.41) is 0. The van der Waals surface area contributed by atoms with E-state index in [1.165, 1.54) is 11.8 Å². The van der Waals surface area contributed by atoms with Crippen LogP contribution in [-0.2, 0) is 21.1 Å². The first-order chi connectivity index (χ1) is 7.61. The Morgan fingerprint density at radius 1 is 0.588 bits per heavy atom. The molecule has 0 heterocycles. The molecule has 0 amide bonds. The molecule has 0 N–H and O–H groups in total. The molecule has 0 aromatic heterocycles. The Hall–Kier alpha value is 0.688. The Morgan fingerprint density at radius 3 is 0.941 bits per heavy atom. The molecule has 0 aromatic carbocycles. The van der Waals surface area contributed by atoms with Gasteiger partial charge in [0.1, 0.15) is 0 Å². The predicted octanol–water partition coefficient (Wildman–Crippen LogP) is 4.09. The van der Waals surface area contributed by atoms with Crippen molar-refractivity contribution in [3.05, 3.63) is 63.2 Å². The van der Waals surface area contributed by atoms with Crippen molar-refractivity contribution in [2.45, 2.75) is 27.7 Å². The zero-order chi connectivity index (χ0) is 12.0. The van der Waals surface area contributed by atoms with E-state index in [2.05, 4.69) is 79.1 Å². The third-order valence-corrected chi connectivity index (χ3v) is 2.71. The van der Waals surface area contributed by atoms with E-state index in [1.54, 1.807) is 0 Å². The molecular formula is C16H22W. The molecule has 92 valence electrons. The number of rotatable bonds is 2. The van der Waals surface area contributed by atoms with Crippen LogP contribution in [-0.4, -0.2) is 0 Å². The molecule has 1 heteroatoms. The normalized spacial score (nSPS) is 21.5. The predicted molar refractivity (Wildman–Crippen MR) is 70.6 cm³/mol. The summed E-state index contributed by atoms with van der Waals surface area (Å²) >= 11 is 0. The first-order valence-electron chi connectivity index (χ1n) is 6.04. The van der Waals surface area contributed by atoms with E-state index in [1.807, 2.05) is 0 Å². The minimum absolute atomic E-state index is 0. The van der Waals surface area contributed by atoms with Gasteiger partial charge in [-0.15, -0.1) is 0 Å². The molecule has 10 radical (unpaired) electrons. The van der Waals surface area contributed by atoms with Gasteiger partial charge in [-0.05, 0) is 75.0 Å². The molecule has 0 unspecified atom stereocenters. The second kappa shape index (κ2) is 9.60. The summed E-state index contributed by atoms with van der Waals surface area (Å²) in [6.07, 6.45) is 16.9. The molecule has 17 heavy (non-hydrogen) atoms. The third-order valence-electron chi connectivity index (χ3n) is 2.71. The largest absolute Gasteiger partial charge is 0.0622 e. The molecule has 0 aromatic rings. The molecule has 0 aliphatic heterocycles. The van der Waals surface area contributed by atoms with Crippen LogP contribution in [0.2, 0.25) is 0 Å². The first kappa shape index (κ1) is 17.7. The fourth-order valence-electron chi connectivity index (χ4n) is 1.55. The fourth-order valence-corrected chi connectivity index (χ4v) is 1.55.